The summed E-state index contributed by atoms with van der Waals surface area (Å²) in [6, 6.07) is 10.3. The fourth-order valence-electron chi connectivity index (χ4n) is 2.02. The summed E-state index contributed by atoms with van der Waals surface area (Å²) in [5.41, 5.74) is 1.10. The van der Waals surface area contributed by atoms with Gasteiger partial charge in [-0.2, -0.15) is 8.78 Å². The van der Waals surface area contributed by atoms with Gasteiger partial charge < -0.3 is 14.8 Å². The van der Waals surface area contributed by atoms with Gasteiger partial charge in [0, 0.05) is 16.8 Å². The predicted octanol–water partition coefficient (Wildman–Crippen LogP) is 3.75. The van der Waals surface area contributed by atoms with Crippen LogP contribution in [0.25, 0.3) is 0 Å². The maximum absolute atomic E-state index is 12.3. The van der Waals surface area contributed by atoms with Crippen LogP contribution in [0.15, 0.2) is 42.5 Å². The number of carbonyl (C=O) groups is 2. The van der Waals surface area contributed by atoms with Crippen LogP contribution in [0.2, 0.25) is 0 Å². The highest BCUT2D eigenvalue weighted by Crippen LogP contribution is 2.29. The van der Waals surface area contributed by atoms with Gasteiger partial charge >= 0.3 is 6.61 Å². The molecule has 126 valence electrons. The van der Waals surface area contributed by atoms with Crippen LogP contribution in [0.1, 0.15) is 27.6 Å². The lowest BCUT2D eigenvalue weighted by molar-refractivity contribution is -0.0512. The van der Waals surface area contributed by atoms with Crippen molar-refractivity contribution in [3.8, 4) is 11.5 Å². The van der Waals surface area contributed by atoms with E-state index in [9.17, 15) is 18.4 Å². The Morgan fingerprint density at radius 1 is 1.04 bits per heavy atom. The first kappa shape index (κ1) is 17.4. The molecule has 0 spiro atoms. The molecular weight excluding hydrogens is 320 g/mol. The van der Waals surface area contributed by atoms with Gasteiger partial charge in [-0.15, -0.1) is 0 Å². The molecule has 0 saturated carbocycles. The molecule has 1 amide bonds. The van der Waals surface area contributed by atoms with Gasteiger partial charge in [-0.05, 0) is 37.3 Å². The molecule has 7 heteroatoms. The maximum atomic E-state index is 12.3. The summed E-state index contributed by atoms with van der Waals surface area (Å²) in [7, 11) is 1.28. The largest absolute Gasteiger partial charge is 0.493 e. The zero-order valence-electron chi connectivity index (χ0n) is 13.0. The molecule has 0 fully saturated rings. The molecule has 0 aromatic heterocycles. The van der Waals surface area contributed by atoms with Gasteiger partial charge in [0.2, 0.25) is 0 Å². The zero-order valence-corrected chi connectivity index (χ0v) is 13.0. The van der Waals surface area contributed by atoms with E-state index >= 15 is 0 Å². The number of Topliss-reactive ketones (excluding diaryl/α,β-unsaturated/α-hetero) is 1. The van der Waals surface area contributed by atoms with Crippen LogP contribution < -0.4 is 14.8 Å². The molecule has 2 aromatic rings. The smallest absolute Gasteiger partial charge is 0.387 e. The molecule has 0 atom stereocenters. The molecule has 0 saturated heterocycles. The van der Waals surface area contributed by atoms with E-state index in [4.69, 9.17) is 4.74 Å². The zero-order chi connectivity index (χ0) is 17.7. The molecule has 0 unspecified atom stereocenters. The van der Waals surface area contributed by atoms with E-state index in [0.717, 1.165) is 0 Å². The number of ether oxygens (including phenoxy) is 2. The van der Waals surface area contributed by atoms with Gasteiger partial charge in [0.15, 0.2) is 17.3 Å². The summed E-state index contributed by atoms with van der Waals surface area (Å²) >= 11 is 0. The summed E-state index contributed by atoms with van der Waals surface area (Å²) in [6.45, 7) is -1.57. The molecule has 2 aromatic carbocycles. The lowest BCUT2D eigenvalue weighted by atomic mass is 10.1. The number of amides is 1. The summed E-state index contributed by atoms with van der Waals surface area (Å²) in [5.74, 6) is -0.748. The maximum Gasteiger partial charge on any atom is 0.387 e. The number of carbonyl (C=O) groups excluding carboxylic acids is 2. The van der Waals surface area contributed by atoms with Crippen LogP contribution in [0.3, 0.4) is 0 Å². The van der Waals surface area contributed by atoms with E-state index in [1.165, 1.54) is 32.2 Å². The quantitative estimate of drug-likeness (QED) is 0.817. The Hall–Kier alpha value is -2.96. The molecule has 0 aliphatic heterocycles. The number of rotatable bonds is 6. The fourth-order valence-corrected chi connectivity index (χ4v) is 2.02. The van der Waals surface area contributed by atoms with Crippen LogP contribution in [-0.4, -0.2) is 25.4 Å². The summed E-state index contributed by atoms with van der Waals surface area (Å²) < 4.78 is 33.9. The van der Waals surface area contributed by atoms with Gasteiger partial charge in [-0.3, -0.25) is 9.59 Å². The number of ketones is 1. The van der Waals surface area contributed by atoms with E-state index in [-0.39, 0.29) is 22.8 Å². The lowest BCUT2D eigenvalue weighted by Crippen LogP contribution is -2.13. The van der Waals surface area contributed by atoms with Gasteiger partial charge in [0.1, 0.15) is 0 Å². The summed E-state index contributed by atoms with van der Waals surface area (Å²) in [4.78, 5) is 23.6. The Morgan fingerprint density at radius 2 is 1.79 bits per heavy atom. The number of anilines is 1. The van der Waals surface area contributed by atoms with E-state index in [0.29, 0.717) is 11.3 Å². The molecule has 1 N–H and O–H groups in total. The molecule has 0 bridgehead atoms. The molecular formula is C17H15F2NO4. The van der Waals surface area contributed by atoms with Crippen LogP contribution in [0.5, 0.6) is 11.5 Å². The van der Waals surface area contributed by atoms with Crippen LogP contribution in [0, 0.1) is 0 Å². The standard InChI is InChI=1S/C17H15F2NO4/c1-10(21)11-4-3-5-13(8-11)20-16(22)12-6-7-14(24-17(18)19)15(9-12)23-2/h3-9,17H,1-2H3,(H,20,22). The Bertz CT molecular complexity index is 762. The second kappa shape index (κ2) is 7.54. The van der Waals surface area contributed by atoms with Crippen molar-refractivity contribution in [2.24, 2.45) is 0 Å². The third-order valence-corrected chi connectivity index (χ3v) is 3.17. The molecule has 24 heavy (non-hydrogen) atoms. The minimum Gasteiger partial charge on any atom is -0.493 e. The number of benzene rings is 2. The van der Waals surface area contributed by atoms with Gasteiger partial charge in [-0.1, -0.05) is 12.1 Å². The van der Waals surface area contributed by atoms with Crippen molar-refractivity contribution >= 4 is 17.4 Å². The van der Waals surface area contributed by atoms with E-state index in [1.807, 2.05) is 0 Å². The fraction of sp³-hybridized carbons (Fsp3) is 0.176. The van der Waals surface area contributed by atoms with Gasteiger partial charge in [0.25, 0.3) is 5.91 Å². The SMILES string of the molecule is COc1cc(C(=O)Nc2cccc(C(C)=O)c2)ccc1OC(F)F. The number of hydrogen-bond donors (Lipinski definition) is 1. The first-order valence-corrected chi connectivity index (χ1v) is 6.96. The van der Waals surface area contributed by atoms with Crippen molar-refractivity contribution < 1.29 is 27.8 Å². The van der Waals surface area contributed by atoms with Crippen molar-refractivity contribution in [2.75, 3.05) is 12.4 Å². The Kier molecular flexibility index (Phi) is 5.47. The average molecular weight is 335 g/mol. The molecule has 5 nitrogen and oxygen atoms in total. The minimum atomic E-state index is -2.99. The van der Waals surface area contributed by atoms with Crippen molar-refractivity contribution in [1.82, 2.24) is 0 Å². The van der Waals surface area contributed by atoms with E-state index in [2.05, 4.69) is 10.1 Å². The molecule has 2 rings (SSSR count). The highest BCUT2D eigenvalue weighted by molar-refractivity contribution is 6.05. The second-order valence-corrected chi connectivity index (χ2v) is 4.84. The third-order valence-electron chi connectivity index (χ3n) is 3.17. The van der Waals surface area contributed by atoms with Crippen LogP contribution in [0.4, 0.5) is 14.5 Å². The number of nitrogens with one attached hydrogen (secondary N) is 1. The van der Waals surface area contributed by atoms with E-state index < -0.39 is 12.5 Å². The third kappa shape index (κ3) is 4.28. The van der Waals surface area contributed by atoms with E-state index in [1.54, 1.807) is 24.3 Å². The highest BCUT2D eigenvalue weighted by atomic mass is 19.3. The second-order valence-electron chi connectivity index (χ2n) is 4.84. The van der Waals surface area contributed by atoms with Crippen LogP contribution in [-0.2, 0) is 0 Å². The number of hydrogen-bond acceptors (Lipinski definition) is 4. The number of methoxy groups -OCH3 is 1. The minimum absolute atomic E-state index is 0.0143. The summed E-state index contributed by atoms with van der Waals surface area (Å²) in [6.07, 6.45) is 0. The van der Waals surface area contributed by atoms with Gasteiger partial charge in [0.05, 0.1) is 7.11 Å². The Balaban J connectivity index is 2.20. The monoisotopic (exact) mass is 335 g/mol. The van der Waals surface area contributed by atoms with Crippen molar-refractivity contribution in [3.05, 3.63) is 53.6 Å². The van der Waals surface area contributed by atoms with Crippen molar-refractivity contribution in [1.29, 1.82) is 0 Å². The van der Waals surface area contributed by atoms with Crippen molar-refractivity contribution in [3.63, 3.8) is 0 Å². The average Bonchev–Trinajstić information content (AvgIpc) is 2.54. The number of alkyl halides is 2. The normalized spacial score (nSPS) is 10.4. The highest BCUT2D eigenvalue weighted by Gasteiger charge is 2.14. The summed E-state index contributed by atoms with van der Waals surface area (Å²) in [5, 5.41) is 2.63. The lowest BCUT2D eigenvalue weighted by Gasteiger charge is -2.12. The predicted molar refractivity (Wildman–Crippen MR) is 84.0 cm³/mol. The first-order chi connectivity index (χ1) is 11.4. The Labute approximate surface area is 137 Å². The molecule has 0 aliphatic carbocycles. The topological polar surface area (TPSA) is 64.6 Å². The van der Waals surface area contributed by atoms with Crippen molar-refractivity contribution in [2.45, 2.75) is 13.5 Å². The van der Waals surface area contributed by atoms with Crippen LogP contribution >= 0.6 is 0 Å². The molecule has 0 heterocycles. The number of halogens is 2. The molecule has 0 radical (unpaired) electrons. The van der Waals surface area contributed by atoms with Gasteiger partial charge in [-0.25, -0.2) is 0 Å². The first-order valence-electron chi connectivity index (χ1n) is 6.96. The Morgan fingerprint density at radius 3 is 2.42 bits per heavy atom. The molecule has 0 aliphatic rings.